The van der Waals surface area contributed by atoms with E-state index in [1.165, 1.54) is 5.56 Å². The van der Waals surface area contributed by atoms with Crippen LogP contribution in [0.15, 0.2) is 12.3 Å². The molecule has 4 rings (SSSR count). The molecule has 124 valence electrons. The number of pyridine rings is 1. The molecule has 0 aromatic carbocycles. The van der Waals surface area contributed by atoms with E-state index in [2.05, 4.69) is 32.7 Å². The van der Waals surface area contributed by atoms with E-state index in [1.54, 1.807) is 0 Å². The van der Waals surface area contributed by atoms with Gasteiger partial charge >= 0.3 is 7.12 Å². The molecule has 2 saturated heterocycles. The second-order valence-electron chi connectivity index (χ2n) is 8.08. The van der Waals surface area contributed by atoms with Crippen molar-refractivity contribution in [3.05, 3.63) is 23.5 Å². The SMILES string of the molecule is CC1(C)OB(c2ccnc3c2CC2(COCOC2)C3)OC1(C)C. The number of ether oxygens (including phenoxy) is 2. The Labute approximate surface area is 137 Å². The average Bonchev–Trinajstić information content (AvgIpc) is 2.93. The Morgan fingerprint density at radius 1 is 1.00 bits per heavy atom. The van der Waals surface area contributed by atoms with Crippen LogP contribution >= 0.6 is 0 Å². The molecule has 0 amide bonds. The van der Waals surface area contributed by atoms with Crippen LogP contribution in [0, 0.1) is 5.41 Å². The minimum absolute atomic E-state index is 0.0212. The van der Waals surface area contributed by atoms with Gasteiger partial charge in [-0.05, 0) is 51.2 Å². The van der Waals surface area contributed by atoms with Gasteiger partial charge in [-0.25, -0.2) is 0 Å². The highest BCUT2D eigenvalue weighted by molar-refractivity contribution is 6.62. The van der Waals surface area contributed by atoms with E-state index in [-0.39, 0.29) is 23.7 Å². The molecule has 1 aromatic rings. The van der Waals surface area contributed by atoms with Crippen LogP contribution in [0.25, 0.3) is 0 Å². The summed E-state index contributed by atoms with van der Waals surface area (Å²) in [5.74, 6) is 0. The van der Waals surface area contributed by atoms with Gasteiger partial charge in [0.25, 0.3) is 0 Å². The van der Waals surface area contributed by atoms with E-state index in [9.17, 15) is 0 Å². The molecule has 1 aliphatic carbocycles. The Balaban J connectivity index is 1.65. The summed E-state index contributed by atoms with van der Waals surface area (Å²) in [6, 6.07) is 2.03. The second kappa shape index (κ2) is 5.02. The molecule has 0 unspecified atom stereocenters. The molecule has 2 aliphatic heterocycles. The maximum absolute atomic E-state index is 6.24. The van der Waals surface area contributed by atoms with Crippen molar-refractivity contribution in [1.29, 1.82) is 0 Å². The Morgan fingerprint density at radius 3 is 2.30 bits per heavy atom. The third-order valence-electron chi connectivity index (χ3n) is 5.77. The molecule has 0 saturated carbocycles. The summed E-state index contributed by atoms with van der Waals surface area (Å²) in [6.07, 6.45) is 3.67. The van der Waals surface area contributed by atoms with E-state index in [0.29, 0.717) is 6.79 Å². The Hall–Kier alpha value is -0.945. The lowest BCUT2D eigenvalue weighted by Crippen LogP contribution is -2.41. The number of hydrogen-bond acceptors (Lipinski definition) is 5. The van der Waals surface area contributed by atoms with Gasteiger partial charge in [-0.15, -0.1) is 0 Å². The first-order chi connectivity index (χ1) is 10.8. The zero-order chi connectivity index (χ0) is 16.3. The summed E-state index contributed by atoms with van der Waals surface area (Å²) < 4.78 is 23.6. The third kappa shape index (κ3) is 2.43. The molecule has 5 nitrogen and oxygen atoms in total. The van der Waals surface area contributed by atoms with Gasteiger partial charge in [0.2, 0.25) is 0 Å². The summed E-state index contributed by atoms with van der Waals surface area (Å²) in [7, 11) is -0.336. The Morgan fingerprint density at radius 2 is 1.65 bits per heavy atom. The fourth-order valence-electron chi connectivity index (χ4n) is 3.71. The van der Waals surface area contributed by atoms with Gasteiger partial charge < -0.3 is 18.8 Å². The van der Waals surface area contributed by atoms with Crippen LogP contribution in [0.4, 0.5) is 0 Å². The quantitative estimate of drug-likeness (QED) is 0.734. The number of aromatic nitrogens is 1. The summed E-state index contributed by atoms with van der Waals surface area (Å²) in [4.78, 5) is 4.59. The van der Waals surface area contributed by atoms with E-state index >= 15 is 0 Å². The highest BCUT2D eigenvalue weighted by atomic mass is 16.7. The largest absolute Gasteiger partial charge is 0.495 e. The van der Waals surface area contributed by atoms with Crippen molar-refractivity contribution < 1.29 is 18.8 Å². The maximum atomic E-state index is 6.24. The molecule has 3 aliphatic rings. The summed E-state index contributed by atoms with van der Waals surface area (Å²) in [5, 5.41) is 0. The third-order valence-corrected chi connectivity index (χ3v) is 5.77. The molecule has 1 spiro atoms. The predicted molar refractivity (Wildman–Crippen MR) is 86.6 cm³/mol. The minimum atomic E-state index is -0.336. The van der Waals surface area contributed by atoms with Crippen LogP contribution in [0.1, 0.15) is 39.0 Å². The normalized spacial score (nSPS) is 27.4. The van der Waals surface area contributed by atoms with Crippen LogP contribution in [0.5, 0.6) is 0 Å². The molecule has 23 heavy (non-hydrogen) atoms. The number of nitrogens with zero attached hydrogens (tertiary/aromatic N) is 1. The van der Waals surface area contributed by atoms with Crippen LogP contribution in [-0.2, 0) is 31.6 Å². The summed E-state index contributed by atoms with van der Waals surface area (Å²) >= 11 is 0. The Kier molecular flexibility index (Phi) is 3.40. The minimum Gasteiger partial charge on any atom is -0.399 e. The zero-order valence-electron chi connectivity index (χ0n) is 14.3. The van der Waals surface area contributed by atoms with Crippen molar-refractivity contribution in [2.24, 2.45) is 5.41 Å². The standard InChI is InChI=1S/C17H24BNO4/c1-15(2)16(3,4)23-18(22-15)13-5-6-19-14-8-17(7-12(13)14)9-20-11-21-10-17/h5-6H,7-11H2,1-4H3. The fraction of sp³-hybridized carbons (Fsp3) is 0.706. The van der Waals surface area contributed by atoms with E-state index < -0.39 is 0 Å². The molecule has 6 heteroatoms. The van der Waals surface area contributed by atoms with Gasteiger partial charge in [0, 0.05) is 23.7 Å². The fourth-order valence-corrected chi connectivity index (χ4v) is 3.71. The predicted octanol–water partition coefficient (Wildman–Crippen LogP) is 1.47. The number of rotatable bonds is 1. The zero-order valence-corrected chi connectivity index (χ0v) is 14.3. The van der Waals surface area contributed by atoms with Crippen molar-refractivity contribution in [3.63, 3.8) is 0 Å². The van der Waals surface area contributed by atoms with E-state index in [0.717, 1.165) is 37.2 Å². The number of hydrogen-bond donors (Lipinski definition) is 0. The molecular weight excluding hydrogens is 293 g/mol. The first-order valence-corrected chi connectivity index (χ1v) is 8.30. The van der Waals surface area contributed by atoms with Crippen LogP contribution in [0.3, 0.4) is 0 Å². The Bertz CT molecular complexity index is 609. The molecule has 2 fully saturated rings. The average molecular weight is 317 g/mol. The molecule has 0 radical (unpaired) electrons. The highest BCUT2D eigenvalue weighted by Crippen LogP contribution is 2.40. The van der Waals surface area contributed by atoms with Gasteiger partial charge in [0.05, 0.1) is 24.4 Å². The molecule has 0 atom stereocenters. The lowest BCUT2D eigenvalue weighted by Gasteiger charge is -2.32. The van der Waals surface area contributed by atoms with Gasteiger partial charge in [-0.2, -0.15) is 0 Å². The lowest BCUT2D eigenvalue weighted by molar-refractivity contribution is -0.161. The van der Waals surface area contributed by atoms with Gasteiger partial charge in [-0.3, -0.25) is 4.98 Å². The van der Waals surface area contributed by atoms with Gasteiger partial charge in [-0.1, -0.05) is 0 Å². The van der Waals surface area contributed by atoms with E-state index in [1.807, 2.05) is 12.3 Å². The maximum Gasteiger partial charge on any atom is 0.495 e. The van der Waals surface area contributed by atoms with Crippen LogP contribution < -0.4 is 5.46 Å². The first-order valence-electron chi connectivity index (χ1n) is 8.30. The van der Waals surface area contributed by atoms with Crippen molar-refractivity contribution in [3.8, 4) is 0 Å². The lowest BCUT2D eigenvalue weighted by atomic mass is 9.75. The molecule has 3 heterocycles. The first kappa shape index (κ1) is 15.6. The van der Waals surface area contributed by atoms with Gasteiger partial charge in [0.1, 0.15) is 6.79 Å². The summed E-state index contributed by atoms with van der Waals surface area (Å²) in [6.45, 7) is 10.2. The van der Waals surface area contributed by atoms with Crippen LogP contribution in [0.2, 0.25) is 0 Å². The highest BCUT2D eigenvalue weighted by Gasteiger charge is 2.53. The van der Waals surface area contributed by atoms with Crippen molar-refractivity contribution in [1.82, 2.24) is 4.98 Å². The van der Waals surface area contributed by atoms with Gasteiger partial charge in [0.15, 0.2) is 0 Å². The van der Waals surface area contributed by atoms with Crippen molar-refractivity contribution >= 4 is 12.6 Å². The second-order valence-corrected chi connectivity index (χ2v) is 8.08. The topological polar surface area (TPSA) is 49.8 Å². The summed E-state index contributed by atoms with van der Waals surface area (Å²) in [5.41, 5.74) is 2.85. The smallest absolute Gasteiger partial charge is 0.399 e. The molecule has 1 aromatic heterocycles. The van der Waals surface area contributed by atoms with E-state index in [4.69, 9.17) is 18.8 Å². The monoisotopic (exact) mass is 317 g/mol. The molecule has 0 N–H and O–H groups in total. The van der Waals surface area contributed by atoms with Crippen molar-refractivity contribution in [2.45, 2.75) is 51.7 Å². The van der Waals surface area contributed by atoms with Crippen LogP contribution in [-0.4, -0.2) is 43.3 Å². The number of fused-ring (bicyclic) bond motifs is 1. The van der Waals surface area contributed by atoms with Crippen molar-refractivity contribution in [2.75, 3.05) is 20.0 Å². The molecular formula is C17H24BNO4. The molecule has 0 bridgehead atoms.